The van der Waals surface area contributed by atoms with Crippen molar-refractivity contribution in [2.24, 2.45) is 5.11 Å². The second-order valence-electron chi connectivity index (χ2n) is 6.31. The van der Waals surface area contributed by atoms with Gasteiger partial charge in [0, 0.05) is 17.0 Å². The van der Waals surface area contributed by atoms with Gasteiger partial charge in [-0.3, -0.25) is 9.59 Å². The predicted molar refractivity (Wildman–Crippen MR) is 82.3 cm³/mol. The Labute approximate surface area is 128 Å². The normalized spacial score (nSPS) is 20.4. The molecule has 1 aromatic rings. The lowest BCUT2D eigenvalue weighted by molar-refractivity contribution is -0.131. The molecule has 1 aliphatic rings. The topological polar surface area (TPSA) is 107 Å². The minimum Gasteiger partial charge on any atom is -0.349 e. The zero-order valence-corrected chi connectivity index (χ0v) is 12.8. The Bertz CT molecular complexity index is 626. The summed E-state index contributed by atoms with van der Waals surface area (Å²) >= 11 is 0. The molecule has 1 fully saturated rings. The molecule has 0 spiro atoms. The van der Waals surface area contributed by atoms with E-state index in [2.05, 4.69) is 41.4 Å². The lowest BCUT2D eigenvalue weighted by Gasteiger charge is -2.36. The fraction of sp³-hybridized carbons (Fsp3) is 0.467. The zero-order valence-electron chi connectivity index (χ0n) is 12.8. The first-order valence-corrected chi connectivity index (χ1v) is 7.05. The van der Waals surface area contributed by atoms with Crippen molar-refractivity contribution in [2.45, 2.75) is 38.3 Å². The summed E-state index contributed by atoms with van der Waals surface area (Å²) in [5.41, 5.74) is 9.94. The van der Waals surface area contributed by atoms with E-state index < -0.39 is 6.04 Å². The molecule has 0 unspecified atom stereocenters. The maximum absolute atomic E-state index is 12.2. The number of β-lactam (4-membered cyclic amide) rings is 1. The summed E-state index contributed by atoms with van der Waals surface area (Å²) in [6.07, 6.45) is 0. The van der Waals surface area contributed by atoms with E-state index in [1.54, 1.807) is 12.1 Å². The van der Waals surface area contributed by atoms with Crippen LogP contribution in [0.25, 0.3) is 10.4 Å². The largest absolute Gasteiger partial charge is 0.349 e. The molecule has 1 aliphatic heterocycles. The average molecular weight is 301 g/mol. The summed E-state index contributed by atoms with van der Waals surface area (Å²) in [5, 5.41) is 8.67. The average Bonchev–Trinajstić information content (AvgIpc) is 2.48. The third kappa shape index (κ3) is 3.38. The van der Waals surface area contributed by atoms with Gasteiger partial charge in [0.1, 0.15) is 6.04 Å². The number of azide groups is 1. The van der Waals surface area contributed by atoms with Crippen LogP contribution in [0.15, 0.2) is 29.4 Å². The Kier molecular flexibility index (Phi) is 4.37. The van der Waals surface area contributed by atoms with Crippen molar-refractivity contribution in [1.29, 1.82) is 0 Å². The lowest BCUT2D eigenvalue weighted by atomic mass is 9.86. The molecule has 0 aliphatic carbocycles. The number of benzene rings is 1. The van der Waals surface area contributed by atoms with Gasteiger partial charge in [0.15, 0.2) is 0 Å². The van der Waals surface area contributed by atoms with E-state index in [4.69, 9.17) is 5.53 Å². The number of carbonyl (C=O) groups excluding carboxylic acids is 2. The lowest BCUT2D eigenvalue weighted by Crippen LogP contribution is -2.70. The molecule has 2 N–H and O–H groups in total. The van der Waals surface area contributed by atoms with Crippen LogP contribution in [0, 0.1) is 0 Å². The molecule has 0 saturated carbocycles. The first-order valence-electron chi connectivity index (χ1n) is 7.05. The maximum Gasteiger partial charge on any atom is 0.251 e. The molecule has 0 radical (unpaired) electrons. The number of hydrogen-bond acceptors (Lipinski definition) is 3. The summed E-state index contributed by atoms with van der Waals surface area (Å²) in [4.78, 5) is 26.3. The van der Waals surface area contributed by atoms with Crippen LogP contribution < -0.4 is 10.6 Å². The number of rotatable bonds is 4. The van der Waals surface area contributed by atoms with E-state index in [9.17, 15) is 9.59 Å². The highest BCUT2D eigenvalue weighted by molar-refractivity contribution is 5.99. The van der Waals surface area contributed by atoms with Gasteiger partial charge in [-0.2, -0.15) is 0 Å². The Morgan fingerprint density at radius 3 is 2.50 bits per heavy atom. The van der Waals surface area contributed by atoms with Crippen molar-refractivity contribution in [3.05, 3.63) is 45.8 Å². The Morgan fingerprint density at radius 2 is 2.00 bits per heavy atom. The van der Waals surface area contributed by atoms with Gasteiger partial charge in [0.2, 0.25) is 5.91 Å². The fourth-order valence-corrected chi connectivity index (χ4v) is 2.23. The van der Waals surface area contributed by atoms with Crippen molar-refractivity contribution in [3.63, 3.8) is 0 Å². The smallest absolute Gasteiger partial charge is 0.251 e. The third-order valence-corrected chi connectivity index (χ3v) is 3.65. The molecule has 2 amide bonds. The van der Waals surface area contributed by atoms with Gasteiger partial charge in [-0.05, 0) is 28.6 Å². The number of nitrogens with zero attached hydrogens (tertiary/aromatic N) is 3. The van der Waals surface area contributed by atoms with Crippen molar-refractivity contribution < 1.29 is 9.59 Å². The highest BCUT2D eigenvalue weighted by atomic mass is 16.2. The summed E-state index contributed by atoms with van der Waals surface area (Å²) in [7, 11) is 0. The predicted octanol–water partition coefficient (Wildman–Crippen LogP) is 1.89. The van der Waals surface area contributed by atoms with Gasteiger partial charge >= 0.3 is 0 Å². The Balaban J connectivity index is 2.02. The summed E-state index contributed by atoms with van der Waals surface area (Å²) in [5.74, 6) is -0.580. The van der Waals surface area contributed by atoms with Crippen LogP contribution in [-0.2, 0) is 10.2 Å². The molecule has 2 rings (SSSR count). The van der Waals surface area contributed by atoms with E-state index in [1.807, 2.05) is 12.1 Å². The van der Waals surface area contributed by atoms with E-state index in [1.165, 1.54) is 0 Å². The molecule has 2 atom stereocenters. The van der Waals surface area contributed by atoms with Gasteiger partial charge in [-0.15, -0.1) is 0 Å². The number of hydrogen-bond donors (Lipinski definition) is 2. The van der Waals surface area contributed by atoms with E-state index in [-0.39, 0.29) is 29.8 Å². The van der Waals surface area contributed by atoms with Crippen LogP contribution in [0.5, 0.6) is 0 Å². The van der Waals surface area contributed by atoms with E-state index >= 15 is 0 Å². The summed E-state index contributed by atoms with van der Waals surface area (Å²) in [6.45, 7) is 6.42. The van der Waals surface area contributed by atoms with E-state index in [0.717, 1.165) is 5.56 Å². The van der Waals surface area contributed by atoms with Gasteiger partial charge in [0.25, 0.3) is 5.91 Å². The molecule has 1 heterocycles. The standard InChI is InChI=1S/C15H19N5O2/c1-15(2,3)10-6-4-9(5-7-10)13(21)19-12-11(8-17-20-16)18-14(12)22/h4-7,11-12H,8H2,1-3H3,(H,18,22)(H,19,21)/t11-,12+/m0/s1. The second-order valence-corrected chi connectivity index (χ2v) is 6.31. The van der Waals surface area contributed by atoms with E-state index in [0.29, 0.717) is 5.56 Å². The van der Waals surface area contributed by atoms with Crippen LogP contribution in [-0.4, -0.2) is 30.4 Å². The van der Waals surface area contributed by atoms with Crippen LogP contribution in [0.3, 0.4) is 0 Å². The highest BCUT2D eigenvalue weighted by Crippen LogP contribution is 2.22. The summed E-state index contributed by atoms with van der Waals surface area (Å²) < 4.78 is 0. The first-order chi connectivity index (χ1) is 10.3. The van der Waals surface area contributed by atoms with Crippen molar-refractivity contribution in [3.8, 4) is 0 Å². The fourth-order valence-electron chi connectivity index (χ4n) is 2.23. The van der Waals surface area contributed by atoms with Crippen LogP contribution in [0.1, 0.15) is 36.7 Å². The number of amides is 2. The zero-order chi connectivity index (χ0) is 16.3. The number of nitrogens with one attached hydrogen (secondary N) is 2. The van der Waals surface area contributed by atoms with Crippen molar-refractivity contribution in [1.82, 2.24) is 10.6 Å². The molecule has 7 heteroatoms. The Morgan fingerprint density at radius 1 is 1.36 bits per heavy atom. The molecular formula is C15H19N5O2. The molecule has 1 saturated heterocycles. The molecule has 0 bridgehead atoms. The monoisotopic (exact) mass is 301 g/mol. The van der Waals surface area contributed by atoms with Gasteiger partial charge in [-0.25, -0.2) is 0 Å². The quantitative estimate of drug-likeness (QED) is 0.383. The minimum atomic E-state index is -0.653. The molecular weight excluding hydrogens is 282 g/mol. The molecule has 116 valence electrons. The molecule has 7 nitrogen and oxygen atoms in total. The van der Waals surface area contributed by atoms with Crippen LogP contribution >= 0.6 is 0 Å². The highest BCUT2D eigenvalue weighted by Gasteiger charge is 2.39. The van der Waals surface area contributed by atoms with Gasteiger partial charge in [0.05, 0.1) is 6.04 Å². The van der Waals surface area contributed by atoms with Crippen LogP contribution in [0.4, 0.5) is 0 Å². The maximum atomic E-state index is 12.2. The molecule has 0 aromatic heterocycles. The second kappa shape index (κ2) is 6.07. The van der Waals surface area contributed by atoms with Crippen LogP contribution in [0.2, 0.25) is 0 Å². The summed E-state index contributed by atoms with van der Waals surface area (Å²) in [6, 6.07) is 6.31. The first kappa shape index (κ1) is 15.9. The molecule has 1 aromatic carbocycles. The third-order valence-electron chi connectivity index (χ3n) is 3.65. The Hall–Kier alpha value is -2.53. The SMILES string of the molecule is CC(C)(C)c1ccc(C(=O)N[C@H]2C(=O)N[C@H]2CN=[N+]=[N-])cc1. The minimum absolute atomic E-state index is 0.0171. The van der Waals surface area contributed by atoms with Crippen molar-refractivity contribution in [2.75, 3.05) is 6.54 Å². The van der Waals surface area contributed by atoms with Gasteiger partial charge < -0.3 is 10.6 Å². The van der Waals surface area contributed by atoms with Gasteiger partial charge in [-0.1, -0.05) is 38.0 Å². The molecule has 22 heavy (non-hydrogen) atoms. The number of carbonyl (C=O) groups is 2. The van der Waals surface area contributed by atoms with Crippen molar-refractivity contribution >= 4 is 11.8 Å².